The Morgan fingerprint density at radius 3 is 1.72 bits per heavy atom. The van der Waals surface area contributed by atoms with Gasteiger partial charge < -0.3 is 0 Å². The number of nitrogens with zero attached hydrogens (tertiary/aromatic N) is 2. The van der Waals surface area contributed by atoms with Crippen molar-refractivity contribution in [3.63, 3.8) is 0 Å². The first-order valence-electron chi connectivity index (χ1n) is 9.06. The van der Waals surface area contributed by atoms with E-state index in [-0.39, 0.29) is 5.69 Å². The molecular weight excluding hydrogens is 392 g/mol. The molecule has 6 heteroatoms. The quantitative estimate of drug-likeness (QED) is 0.448. The van der Waals surface area contributed by atoms with E-state index >= 15 is 0 Å². The van der Waals surface area contributed by atoms with Crippen molar-refractivity contribution < 1.29 is 13.2 Å². The van der Waals surface area contributed by atoms with Crippen molar-refractivity contribution in [3.05, 3.63) is 102 Å². The molecule has 0 aliphatic rings. The molecule has 0 saturated heterocycles. The maximum Gasteiger partial charge on any atom is 0.153 e. The van der Waals surface area contributed by atoms with E-state index in [1.807, 2.05) is 62.4 Å². The van der Waals surface area contributed by atoms with Gasteiger partial charge in [0.05, 0.1) is 0 Å². The first kappa shape index (κ1) is 19.4. The van der Waals surface area contributed by atoms with Crippen LogP contribution in [0.1, 0.15) is 11.1 Å². The van der Waals surface area contributed by atoms with E-state index in [4.69, 9.17) is 0 Å². The Labute approximate surface area is 168 Å². The predicted octanol–water partition coefficient (Wildman–Crippen LogP) is 4.66. The standard InChI is InChI=1S/C23H18F3N2P/c1-15-3-7-18(8-4-15)29(19-9-5-16(2)6-10-19)23-27-11-12-28(23)22-20(25)13-17(24)14-21(22)26/h3-14H,1-2H3. The highest BCUT2D eigenvalue weighted by molar-refractivity contribution is 7.79. The fourth-order valence-electron chi connectivity index (χ4n) is 3.17. The SMILES string of the molecule is Cc1ccc(P(c2ccc(C)cc2)c2nccn2-c2c(F)cc(F)cc2F)cc1. The number of halogens is 3. The van der Waals surface area contributed by atoms with Crippen LogP contribution in [0, 0.1) is 31.3 Å². The molecular formula is C23H18F3N2P. The summed E-state index contributed by atoms with van der Waals surface area (Å²) in [5.41, 5.74) is 2.42. The van der Waals surface area contributed by atoms with E-state index in [0.29, 0.717) is 17.7 Å². The molecule has 0 saturated carbocycles. The highest BCUT2D eigenvalue weighted by atomic mass is 31.1. The minimum absolute atomic E-state index is 0.328. The number of hydrogen-bond donors (Lipinski definition) is 0. The third-order valence-corrected chi connectivity index (χ3v) is 6.99. The summed E-state index contributed by atoms with van der Waals surface area (Å²) in [6.07, 6.45) is 3.02. The molecule has 29 heavy (non-hydrogen) atoms. The molecule has 1 heterocycles. The minimum atomic E-state index is -1.19. The fourth-order valence-corrected chi connectivity index (χ4v) is 5.39. The Morgan fingerprint density at radius 1 is 0.759 bits per heavy atom. The normalized spacial score (nSPS) is 11.2. The highest BCUT2D eigenvalue weighted by Crippen LogP contribution is 2.34. The van der Waals surface area contributed by atoms with Crippen molar-refractivity contribution in [2.24, 2.45) is 0 Å². The molecule has 4 aromatic rings. The molecule has 0 amide bonds. The first-order valence-corrected chi connectivity index (χ1v) is 10.4. The van der Waals surface area contributed by atoms with Crippen LogP contribution in [0.15, 0.2) is 73.1 Å². The lowest BCUT2D eigenvalue weighted by molar-refractivity contribution is 0.535. The molecule has 146 valence electrons. The van der Waals surface area contributed by atoms with Crippen LogP contribution in [-0.2, 0) is 0 Å². The zero-order chi connectivity index (χ0) is 20.5. The van der Waals surface area contributed by atoms with Gasteiger partial charge in [0, 0.05) is 32.4 Å². The average molecular weight is 410 g/mol. The van der Waals surface area contributed by atoms with Crippen LogP contribution in [0.4, 0.5) is 13.2 Å². The van der Waals surface area contributed by atoms with Crippen LogP contribution in [0.25, 0.3) is 5.69 Å². The second kappa shape index (κ2) is 7.84. The third-order valence-electron chi connectivity index (χ3n) is 4.63. The van der Waals surface area contributed by atoms with Crippen molar-refractivity contribution in [2.45, 2.75) is 13.8 Å². The summed E-state index contributed by atoms with van der Waals surface area (Å²) in [7, 11) is -1.19. The smallest absolute Gasteiger partial charge is 0.153 e. The van der Waals surface area contributed by atoms with Crippen molar-refractivity contribution in [1.82, 2.24) is 9.55 Å². The van der Waals surface area contributed by atoms with Crippen molar-refractivity contribution in [1.29, 1.82) is 0 Å². The zero-order valence-electron chi connectivity index (χ0n) is 15.9. The molecule has 3 aromatic carbocycles. The van der Waals surface area contributed by atoms with E-state index in [9.17, 15) is 13.2 Å². The van der Waals surface area contributed by atoms with Crippen molar-refractivity contribution >= 4 is 24.1 Å². The Balaban J connectivity index is 1.93. The molecule has 0 aliphatic carbocycles. The Hall–Kier alpha value is -2.91. The van der Waals surface area contributed by atoms with Gasteiger partial charge in [0.15, 0.2) is 11.6 Å². The van der Waals surface area contributed by atoms with Crippen LogP contribution < -0.4 is 16.2 Å². The van der Waals surface area contributed by atoms with Gasteiger partial charge in [0.25, 0.3) is 0 Å². The maximum atomic E-state index is 14.5. The zero-order valence-corrected chi connectivity index (χ0v) is 16.8. The second-order valence-electron chi connectivity index (χ2n) is 6.82. The number of aromatic nitrogens is 2. The van der Waals surface area contributed by atoms with Gasteiger partial charge in [-0.1, -0.05) is 59.7 Å². The lowest BCUT2D eigenvalue weighted by atomic mass is 10.2. The highest BCUT2D eigenvalue weighted by Gasteiger charge is 2.25. The van der Waals surface area contributed by atoms with Crippen LogP contribution in [0.5, 0.6) is 0 Å². The van der Waals surface area contributed by atoms with E-state index in [0.717, 1.165) is 21.7 Å². The molecule has 0 bridgehead atoms. The second-order valence-corrected chi connectivity index (χ2v) is 8.93. The largest absolute Gasteiger partial charge is 0.294 e. The van der Waals surface area contributed by atoms with Gasteiger partial charge in [-0.15, -0.1) is 0 Å². The molecule has 0 fully saturated rings. The van der Waals surface area contributed by atoms with Gasteiger partial charge in [0.2, 0.25) is 0 Å². The van der Waals surface area contributed by atoms with Gasteiger partial charge in [-0.3, -0.25) is 4.57 Å². The lowest BCUT2D eigenvalue weighted by Gasteiger charge is -2.20. The van der Waals surface area contributed by atoms with E-state index in [1.165, 1.54) is 17.0 Å². The minimum Gasteiger partial charge on any atom is -0.294 e. The predicted molar refractivity (Wildman–Crippen MR) is 112 cm³/mol. The molecule has 0 N–H and O–H groups in total. The molecule has 0 aliphatic heterocycles. The number of benzene rings is 3. The number of hydrogen-bond acceptors (Lipinski definition) is 1. The van der Waals surface area contributed by atoms with Gasteiger partial charge in [-0.05, 0) is 24.5 Å². The summed E-state index contributed by atoms with van der Waals surface area (Å²) in [6.45, 7) is 4.00. The summed E-state index contributed by atoms with van der Waals surface area (Å²) >= 11 is 0. The monoisotopic (exact) mass is 410 g/mol. The summed E-state index contributed by atoms with van der Waals surface area (Å²) < 4.78 is 43.8. The van der Waals surface area contributed by atoms with E-state index in [1.54, 1.807) is 0 Å². The molecule has 0 radical (unpaired) electrons. The summed E-state index contributed by atoms with van der Waals surface area (Å²) in [4.78, 5) is 4.46. The van der Waals surface area contributed by atoms with Gasteiger partial charge in [0.1, 0.15) is 17.1 Å². The Bertz CT molecular complexity index is 1080. The van der Waals surface area contributed by atoms with E-state index < -0.39 is 25.4 Å². The number of aryl methyl sites for hydroxylation is 2. The Kier molecular flexibility index (Phi) is 5.25. The van der Waals surface area contributed by atoms with Crippen LogP contribution in [0.3, 0.4) is 0 Å². The average Bonchev–Trinajstić information content (AvgIpc) is 3.13. The topological polar surface area (TPSA) is 17.8 Å². The van der Waals surface area contributed by atoms with Gasteiger partial charge in [-0.25, -0.2) is 18.2 Å². The Morgan fingerprint density at radius 2 is 1.24 bits per heavy atom. The number of rotatable bonds is 4. The fraction of sp³-hybridized carbons (Fsp3) is 0.0870. The summed E-state index contributed by atoms with van der Waals surface area (Å²) in [5.74, 6) is -2.89. The maximum absolute atomic E-state index is 14.5. The molecule has 0 atom stereocenters. The molecule has 2 nitrogen and oxygen atoms in total. The molecule has 4 rings (SSSR count). The summed E-state index contributed by atoms with van der Waals surface area (Å²) in [6, 6.07) is 17.4. The van der Waals surface area contributed by atoms with Crippen LogP contribution >= 0.6 is 7.92 Å². The van der Waals surface area contributed by atoms with E-state index in [2.05, 4.69) is 4.98 Å². The molecule has 1 aromatic heterocycles. The third kappa shape index (κ3) is 3.83. The van der Waals surface area contributed by atoms with Crippen molar-refractivity contribution in [2.75, 3.05) is 0 Å². The first-order chi connectivity index (χ1) is 13.9. The van der Waals surface area contributed by atoms with Crippen LogP contribution in [0.2, 0.25) is 0 Å². The number of imidazole rings is 1. The molecule has 0 spiro atoms. The lowest BCUT2D eigenvalue weighted by Crippen LogP contribution is -2.28. The van der Waals surface area contributed by atoms with Crippen LogP contribution in [-0.4, -0.2) is 9.55 Å². The van der Waals surface area contributed by atoms with Gasteiger partial charge in [-0.2, -0.15) is 0 Å². The van der Waals surface area contributed by atoms with Gasteiger partial charge >= 0.3 is 0 Å². The summed E-state index contributed by atoms with van der Waals surface area (Å²) in [5, 5.41) is 2.01. The molecule has 0 unspecified atom stereocenters. The van der Waals surface area contributed by atoms with Crippen molar-refractivity contribution in [3.8, 4) is 5.69 Å².